The summed E-state index contributed by atoms with van der Waals surface area (Å²) in [4.78, 5) is 4.69. The Morgan fingerprint density at radius 1 is 1.28 bits per heavy atom. The number of aliphatic hydroxyl groups excluding tert-OH is 1. The highest BCUT2D eigenvalue weighted by atomic mass is 16.3. The molecule has 1 fully saturated rings. The SMILES string of the molecule is CC(C)CC(N)C(CO)N1CCC(N(C)C)CC1. The average Bonchev–Trinajstić information content (AvgIpc) is 2.29. The molecule has 0 bridgehead atoms. The van der Waals surface area contributed by atoms with Crippen LogP contribution in [-0.2, 0) is 0 Å². The maximum absolute atomic E-state index is 9.60. The summed E-state index contributed by atoms with van der Waals surface area (Å²) in [5.74, 6) is 0.591. The van der Waals surface area contributed by atoms with Gasteiger partial charge < -0.3 is 15.7 Å². The monoisotopic (exact) mass is 257 g/mol. The molecule has 0 saturated carbocycles. The highest BCUT2D eigenvalue weighted by Crippen LogP contribution is 2.19. The fourth-order valence-corrected chi connectivity index (χ4v) is 2.96. The summed E-state index contributed by atoms with van der Waals surface area (Å²) in [6.07, 6.45) is 3.34. The number of likely N-dealkylation sites (tertiary alicyclic amines) is 1. The van der Waals surface area contributed by atoms with E-state index in [0.717, 1.165) is 19.5 Å². The van der Waals surface area contributed by atoms with Crippen LogP contribution in [0.3, 0.4) is 0 Å². The molecule has 18 heavy (non-hydrogen) atoms. The van der Waals surface area contributed by atoms with Crippen molar-refractivity contribution in [3.05, 3.63) is 0 Å². The molecular weight excluding hydrogens is 226 g/mol. The van der Waals surface area contributed by atoms with Crippen molar-refractivity contribution in [1.82, 2.24) is 9.80 Å². The first kappa shape index (κ1) is 15.9. The van der Waals surface area contributed by atoms with E-state index in [1.165, 1.54) is 12.8 Å². The van der Waals surface area contributed by atoms with E-state index < -0.39 is 0 Å². The van der Waals surface area contributed by atoms with Crippen molar-refractivity contribution >= 4 is 0 Å². The van der Waals surface area contributed by atoms with Gasteiger partial charge in [-0.1, -0.05) is 13.8 Å². The van der Waals surface area contributed by atoms with Gasteiger partial charge in [0.15, 0.2) is 0 Å². The minimum atomic E-state index is 0.0888. The molecule has 4 nitrogen and oxygen atoms in total. The van der Waals surface area contributed by atoms with Gasteiger partial charge in [0, 0.05) is 31.2 Å². The van der Waals surface area contributed by atoms with Crippen LogP contribution in [0, 0.1) is 5.92 Å². The lowest BCUT2D eigenvalue weighted by molar-refractivity contribution is 0.0580. The van der Waals surface area contributed by atoms with E-state index in [-0.39, 0.29) is 18.7 Å². The Hall–Kier alpha value is -0.160. The van der Waals surface area contributed by atoms with Crippen molar-refractivity contribution in [2.24, 2.45) is 11.7 Å². The molecule has 0 aromatic carbocycles. The fourth-order valence-electron chi connectivity index (χ4n) is 2.96. The van der Waals surface area contributed by atoms with Crippen LogP contribution in [-0.4, -0.2) is 66.8 Å². The van der Waals surface area contributed by atoms with Crippen molar-refractivity contribution in [1.29, 1.82) is 0 Å². The van der Waals surface area contributed by atoms with Crippen LogP contribution in [0.4, 0.5) is 0 Å². The standard InChI is InChI=1S/C14H31N3O/c1-11(2)9-13(15)14(10-18)17-7-5-12(6-8-17)16(3)4/h11-14,18H,5-10,15H2,1-4H3. The average molecular weight is 257 g/mol. The molecule has 0 spiro atoms. The number of hydrogen-bond acceptors (Lipinski definition) is 4. The summed E-state index contributed by atoms with van der Waals surface area (Å²) in [6, 6.07) is 0.906. The number of hydrogen-bond donors (Lipinski definition) is 2. The zero-order chi connectivity index (χ0) is 13.7. The third kappa shape index (κ3) is 4.50. The number of nitrogens with two attached hydrogens (primary N) is 1. The van der Waals surface area contributed by atoms with E-state index in [0.29, 0.717) is 12.0 Å². The summed E-state index contributed by atoms with van der Waals surface area (Å²) in [5, 5.41) is 9.60. The van der Waals surface area contributed by atoms with Crippen LogP contribution in [0.5, 0.6) is 0 Å². The van der Waals surface area contributed by atoms with Crippen LogP contribution in [0.2, 0.25) is 0 Å². The molecule has 3 N–H and O–H groups in total. The van der Waals surface area contributed by atoms with Crippen LogP contribution >= 0.6 is 0 Å². The first-order valence-electron chi connectivity index (χ1n) is 7.22. The molecule has 0 aliphatic carbocycles. The van der Waals surface area contributed by atoms with E-state index in [2.05, 4.69) is 37.7 Å². The lowest BCUT2D eigenvalue weighted by atomic mass is 9.95. The van der Waals surface area contributed by atoms with Crippen molar-refractivity contribution in [2.75, 3.05) is 33.8 Å². The Labute approximate surface area is 112 Å². The molecule has 1 saturated heterocycles. The van der Waals surface area contributed by atoms with E-state index >= 15 is 0 Å². The zero-order valence-corrected chi connectivity index (χ0v) is 12.5. The van der Waals surface area contributed by atoms with Crippen LogP contribution in [0.1, 0.15) is 33.1 Å². The second-order valence-corrected chi connectivity index (χ2v) is 6.27. The molecule has 1 aliphatic heterocycles. The minimum absolute atomic E-state index is 0.0888. The van der Waals surface area contributed by atoms with Crippen molar-refractivity contribution < 1.29 is 5.11 Å². The highest BCUT2D eigenvalue weighted by Gasteiger charge is 2.29. The largest absolute Gasteiger partial charge is 0.395 e. The van der Waals surface area contributed by atoms with Gasteiger partial charge in [0.1, 0.15) is 0 Å². The molecule has 2 atom stereocenters. The van der Waals surface area contributed by atoms with Gasteiger partial charge in [0.05, 0.1) is 6.61 Å². The second kappa shape index (κ2) is 7.43. The third-order valence-electron chi connectivity index (χ3n) is 4.12. The highest BCUT2D eigenvalue weighted by molar-refractivity contribution is 4.87. The van der Waals surface area contributed by atoms with Gasteiger partial charge in [0.2, 0.25) is 0 Å². The van der Waals surface area contributed by atoms with Gasteiger partial charge in [-0.3, -0.25) is 4.90 Å². The van der Waals surface area contributed by atoms with E-state index in [1.54, 1.807) is 0 Å². The smallest absolute Gasteiger partial charge is 0.0601 e. The van der Waals surface area contributed by atoms with Crippen LogP contribution < -0.4 is 5.73 Å². The lowest BCUT2D eigenvalue weighted by Gasteiger charge is -2.41. The Kier molecular flexibility index (Phi) is 6.57. The summed E-state index contributed by atoms with van der Waals surface area (Å²) in [6.45, 7) is 6.67. The Morgan fingerprint density at radius 3 is 2.22 bits per heavy atom. The second-order valence-electron chi connectivity index (χ2n) is 6.27. The molecular formula is C14H31N3O. The predicted octanol–water partition coefficient (Wildman–Crippen LogP) is 0.747. The van der Waals surface area contributed by atoms with Crippen molar-refractivity contribution in [3.8, 4) is 0 Å². The topological polar surface area (TPSA) is 52.7 Å². The first-order chi connectivity index (χ1) is 8.45. The Morgan fingerprint density at radius 2 is 1.83 bits per heavy atom. The minimum Gasteiger partial charge on any atom is -0.395 e. The molecule has 1 aliphatic rings. The van der Waals surface area contributed by atoms with Gasteiger partial charge in [-0.05, 0) is 39.3 Å². The molecule has 1 heterocycles. The van der Waals surface area contributed by atoms with Crippen LogP contribution in [0.25, 0.3) is 0 Å². The summed E-state index contributed by atoms with van der Waals surface area (Å²) in [7, 11) is 4.29. The fraction of sp³-hybridized carbons (Fsp3) is 1.00. The zero-order valence-electron chi connectivity index (χ0n) is 12.5. The summed E-state index contributed by atoms with van der Waals surface area (Å²) < 4.78 is 0. The van der Waals surface area contributed by atoms with E-state index in [1.807, 2.05) is 0 Å². The maximum atomic E-state index is 9.60. The first-order valence-corrected chi connectivity index (χ1v) is 7.22. The maximum Gasteiger partial charge on any atom is 0.0601 e. The third-order valence-corrected chi connectivity index (χ3v) is 4.12. The predicted molar refractivity (Wildman–Crippen MR) is 76.6 cm³/mol. The number of piperidine rings is 1. The van der Waals surface area contributed by atoms with Crippen molar-refractivity contribution in [2.45, 2.75) is 51.2 Å². The molecule has 1 rings (SSSR count). The van der Waals surface area contributed by atoms with Crippen molar-refractivity contribution in [3.63, 3.8) is 0 Å². The number of aliphatic hydroxyl groups is 1. The molecule has 0 aromatic rings. The summed E-state index contributed by atoms with van der Waals surface area (Å²) >= 11 is 0. The Bertz CT molecular complexity index is 225. The van der Waals surface area contributed by atoms with Crippen LogP contribution in [0.15, 0.2) is 0 Å². The molecule has 108 valence electrons. The number of nitrogens with zero attached hydrogens (tertiary/aromatic N) is 2. The molecule has 0 amide bonds. The van der Waals surface area contributed by atoms with Gasteiger partial charge in [-0.25, -0.2) is 0 Å². The Balaban J connectivity index is 2.47. The molecule has 0 aromatic heterocycles. The quantitative estimate of drug-likeness (QED) is 0.737. The van der Waals surface area contributed by atoms with E-state index in [4.69, 9.17) is 5.73 Å². The van der Waals surface area contributed by atoms with E-state index in [9.17, 15) is 5.11 Å². The lowest BCUT2D eigenvalue weighted by Crippen LogP contribution is -2.54. The molecule has 4 heteroatoms. The van der Waals surface area contributed by atoms with Gasteiger partial charge >= 0.3 is 0 Å². The van der Waals surface area contributed by atoms with Gasteiger partial charge in [-0.2, -0.15) is 0 Å². The van der Waals surface area contributed by atoms with Gasteiger partial charge in [-0.15, -0.1) is 0 Å². The summed E-state index contributed by atoms with van der Waals surface area (Å²) in [5.41, 5.74) is 6.24. The van der Waals surface area contributed by atoms with Gasteiger partial charge in [0.25, 0.3) is 0 Å². The number of rotatable bonds is 6. The molecule has 0 radical (unpaired) electrons. The molecule has 2 unspecified atom stereocenters. The normalized spacial score (nSPS) is 22.7.